The van der Waals surface area contributed by atoms with Gasteiger partial charge in [0.15, 0.2) is 0 Å². The Labute approximate surface area is 95.6 Å². The molecular weight excluding hydrogens is 184 g/mol. The van der Waals surface area contributed by atoms with Crippen LogP contribution in [0.2, 0.25) is 0 Å². The number of ether oxygens (including phenoxy) is 1. The predicted octanol–water partition coefficient (Wildman–Crippen LogP) is 4.41. The summed E-state index contributed by atoms with van der Waals surface area (Å²) in [4.78, 5) is 0. The molecule has 0 aromatic heterocycles. The molecule has 0 aliphatic carbocycles. The largest absolute Gasteiger partial charge is 0.374 e. The molecule has 3 unspecified atom stereocenters. The lowest BCUT2D eigenvalue weighted by Gasteiger charge is -2.48. The van der Waals surface area contributed by atoms with Gasteiger partial charge in [-0.25, -0.2) is 0 Å². The summed E-state index contributed by atoms with van der Waals surface area (Å²) >= 11 is 0. The molecular formula is C14H28O. The molecule has 1 aliphatic rings. The monoisotopic (exact) mass is 212 g/mol. The summed E-state index contributed by atoms with van der Waals surface area (Å²) in [7, 11) is 0. The summed E-state index contributed by atoms with van der Waals surface area (Å²) in [6.45, 7) is 10.2. The molecule has 90 valence electrons. The van der Waals surface area contributed by atoms with Crippen LogP contribution in [0.5, 0.6) is 0 Å². The van der Waals surface area contributed by atoms with E-state index in [0.717, 1.165) is 18.4 Å². The van der Waals surface area contributed by atoms with Gasteiger partial charge in [0, 0.05) is 5.92 Å². The third-order valence-electron chi connectivity index (χ3n) is 4.21. The molecule has 0 N–H and O–H groups in total. The standard InChI is InChI=1S/C14H28O/c1-5-8-9-12(6-2)10-14(4)13(7-3)11-15-14/h12-13H,5-11H2,1-4H3. The molecule has 0 radical (unpaired) electrons. The van der Waals surface area contributed by atoms with Gasteiger partial charge in [-0.05, 0) is 25.7 Å². The Bertz CT molecular complexity index is 176. The van der Waals surface area contributed by atoms with E-state index in [-0.39, 0.29) is 5.60 Å². The molecule has 1 fully saturated rings. The third kappa shape index (κ3) is 3.21. The maximum atomic E-state index is 5.83. The quantitative estimate of drug-likeness (QED) is 0.607. The van der Waals surface area contributed by atoms with Crippen LogP contribution in [0.4, 0.5) is 0 Å². The van der Waals surface area contributed by atoms with Gasteiger partial charge in [0.05, 0.1) is 12.2 Å². The number of hydrogen-bond acceptors (Lipinski definition) is 1. The number of rotatable bonds is 7. The highest BCUT2D eigenvalue weighted by Gasteiger charge is 2.43. The van der Waals surface area contributed by atoms with Crippen molar-refractivity contribution < 1.29 is 4.74 Å². The second-order valence-corrected chi connectivity index (χ2v) is 5.35. The minimum absolute atomic E-state index is 0.211. The van der Waals surface area contributed by atoms with E-state index in [1.54, 1.807) is 0 Å². The molecule has 0 aromatic carbocycles. The van der Waals surface area contributed by atoms with Crippen LogP contribution in [-0.2, 0) is 4.74 Å². The van der Waals surface area contributed by atoms with Crippen LogP contribution in [0.15, 0.2) is 0 Å². The molecule has 15 heavy (non-hydrogen) atoms. The summed E-state index contributed by atoms with van der Waals surface area (Å²) in [6, 6.07) is 0. The van der Waals surface area contributed by atoms with E-state index in [1.165, 1.54) is 38.5 Å². The second kappa shape index (κ2) is 5.89. The lowest BCUT2D eigenvalue weighted by atomic mass is 9.75. The molecule has 0 aromatic rings. The topological polar surface area (TPSA) is 9.23 Å². The smallest absolute Gasteiger partial charge is 0.0707 e. The number of unbranched alkanes of at least 4 members (excludes halogenated alkanes) is 1. The minimum Gasteiger partial charge on any atom is -0.374 e. The van der Waals surface area contributed by atoms with Crippen molar-refractivity contribution in [2.24, 2.45) is 11.8 Å². The SMILES string of the molecule is CCCCC(CC)CC1(C)OCC1CC. The van der Waals surface area contributed by atoms with E-state index >= 15 is 0 Å². The Morgan fingerprint density at radius 1 is 1.33 bits per heavy atom. The zero-order chi connectivity index (χ0) is 11.3. The van der Waals surface area contributed by atoms with Crippen molar-refractivity contribution in [3.8, 4) is 0 Å². The van der Waals surface area contributed by atoms with E-state index in [1.807, 2.05) is 0 Å². The molecule has 1 aliphatic heterocycles. The first kappa shape index (κ1) is 13.0. The molecule has 0 saturated carbocycles. The summed E-state index contributed by atoms with van der Waals surface area (Å²) < 4.78 is 5.83. The Kier molecular flexibility index (Phi) is 5.11. The van der Waals surface area contributed by atoms with Crippen LogP contribution in [0.3, 0.4) is 0 Å². The summed E-state index contributed by atoms with van der Waals surface area (Å²) in [5, 5.41) is 0. The van der Waals surface area contributed by atoms with Gasteiger partial charge in [-0.15, -0.1) is 0 Å². The van der Waals surface area contributed by atoms with Gasteiger partial charge in [0.25, 0.3) is 0 Å². The van der Waals surface area contributed by atoms with Gasteiger partial charge in [0.2, 0.25) is 0 Å². The molecule has 0 bridgehead atoms. The van der Waals surface area contributed by atoms with Crippen LogP contribution in [0.25, 0.3) is 0 Å². The highest BCUT2D eigenvalue weighted by Crippen LogP contribution is 2.41. The van der Waals surface area contributed by atoms with Crippen LogP contribution in [-0.4, -0.2) is 12.2 Å². The van der Waals surface area contributed by atoms with Crippen LogP contribution >= 0.6 is 0 Å². The maximum absolute atomic E-state index is 5.83. The minimum atomic E-state index is 0.211. The fourth-order valence-corrected chi connectivity index (χ4v) is 2.78. The Hall–Kier alpha value is -0.0400. The van der Waals surface area contributed by atoms with E-state index in [2.05, 4.69) is 27.7 Å². The van der Waals surface area contributed by atoms with Crippen molar-refractivity contribution in [1.29, 1.82) is 0 Å². The van der Waals surface area contributed by atoms with Gasteiger partial charge in [-0.2, -0.15) is 0 Å². The molecule has 1 rings (SSSR count). The molecule has 0 amide bonds. The fraction of sp³-hybridized carbons (Fsp3) is 1.00. The predicted molar refractivity (Wildman–Crippen MR) is 66.1 cm³/mol. The van der Waals surface area contributed by atoms with Crippen LogP contribution in [0, 0.1) is 11.8 Å². The average molecular weight is 212 g/mol. The highest BCUT2D eigenvalue weighted by atomic mass is 16.5. The first-order valence-corrected chi connectivity index (χ1v) is 6.80. The fourth-order valence-electron chi connectivity index (χ4n) is 2.78. The Balaban J connectivity index is 2.36. The Morgan fingerprint density at radius 3 is 2.47 bits per heavy atom. The zero-order valence-electron chi connectivity index (χ0n) is 11.0. The van der Waals surface area contributed by atoms with Gasteiger partial charge in [-0.3, -0.25) is 0 Å². The Morgan fingerprint density at radius 2 is 2.07 bits per heavy atom. The summed E-state index contributed by atoms with van der Waals surface area (Å²) in [5.41, 5.74) is 0.211. The normalized spacial score (nSPS) is 32.4. The van der Waals surface area contributed by atoms with Gasteiger partial charge in [0.1, 0.15) is 0 Å². The molecule has 0 spiro atoms. The van der Waals surface area contributed by atoms with Crippen molar-refractivity contribution in [2.75, 3.05) is 6.61 Å². The van der Waals surface area contributed by atoms with Crippen molar-refractivity contribution in [3.05, 3.63) is 0 Å². The summed E-state index contributed by atoms with van der Waals surface area (Å²) in [6.07, 6.45) is 7.97. The molecule has 1 heteroatoms. The first-order chi connectivity index (χ1) is 7.16. The van der Waals surface area contributed by atoms with Crippen LogP contribution < -0.4 is 0 Å². The van der Waals surface area contributed by atoms with Gasteiger partial charge < -0.3 is 4.74 Å². The first-order valence-electron chi connectivity index (χ1n) is 6.80. The van der Waals surface area contributed by atoms with Crippen molar-refractivity contribution in [2.45, 2.75) is 71.8 Å². The summed E-state index contributed by atoms with van der Waals surface area (Å²) in [5.74, 6) is 1.69. The average Bonchev–Trinajstić information content (AvgIpc) is 2.23. The van der Waals surface area contributed by atoms with Crippen molar-refractivity contribution in [3.63, 3.8) is 0 Å². The maximum Gasteiger partial charge on any atom is 0.0707 e. The van der Waals surface area contributed by atoms with E-state index < -0.39 is 0 Å². The van der Waals surface area contributed by atoms with E-state index in [4.69, 9.17) is 4.74 Å². The van der Waals surface area contributed by atoms with Gasteiger partial charge in [-0.1, -0.05) is 46.5 Å². The second-order valence-electron chi connectivity index (χ2n) is 5.35. The van der Waals surface area contributed by atoms with Crippen LogP contribution in [0.1, 0.15) is 66.2 Å². The lowest BCUT2D eigenvalue weighted by Crippen LogP contribution is -2.51. The third-order valence-corrected chi connectivity index (χ3v) is 4.21. The van der Waals surface area contributed by atoms with Crippen molar-refractivity contribution in [1.82, 2.24) is 0 Å². The van der Waals surface area contributed by atoms with E-state index in [0.29, 0.717) is 0 Å². The van der Waals surface area contributed by atoms with Gasteiger partial charge >= 0.3 is 0 Å². The molecule has 1 heterocycles. The molecule has 3 atom stereocenters. The molecule has 1 nitrogen and oxygen atoms in total. The number of hydrogen-bond donors (Lipinski definition) is 0. The lowest BCUT2D eigenvalue weighted by molar-refractivity contribution is -0.203. The highest BCUT2D eigenvalue weighted by molar-refractivity contribution is 4.92. The van der Waals surface area contributed by atoms with Crippen molar-refractivity contribution >= 4 is 0 Å². The zero-order valence-corrected chi connectivity index (χ0v) is 11.0. The van der Waals surface area contributed by atoms with E-state index in [9.17, 15) is 0 Å². The molecule has 1 saturated heterocycles.